The average molecular weight is 215 g/mol. The Morgan fingerprint density at radius 3 is 1.93 bits per heavy atom. The molecule has 0 heterocycles. The molecule has 0 aromatic heterocycles. The van der Waals surface area contributed by atoms with Gasteiger partial charge in [-0.3, -0.25) is 14.5 Å². The summed E-state index contributed by atoms with van der Waals surface area (Å²) >= 11 is 0. The van der Waals surface area contributed by atoms with Gasteiger partial charge in [0.1, 0.15) is 0 Å². The summed E-state index contributed by atoms with van der Waals surface area (Å²) in [5.74, 6) is -0.0165. The van der Waals surface area contributed by atoms with Gasteiger partial charge in [-0.2, -0.15) is 0 Å². The van der Waals surface area contributed by atoms with Crippen LogP contribution in [0.25, 0.3) is 0 Å². The summed E-state index contributed by atoms with van der Waals surface area (Å²) in [5, 5.41) is 0. The van der Waals surface area contributed by atoms with E-state index in [1.54, 1.807) is 0 Å². The fraction of sp³-hybridized carbons (Fsp3) is 0.800. The number of rotatable bonds is 6. The first-order chi connectivity index (χ1) is 6.55. The molecule has 0 saturated carbocycles. The molecule has 3 nitrogen and oxygen atoms in total. The molecule has 0 spiro atoms. The summed E-state index contributed by atoms with van der Waals surface area (Å²) in [4.78, 5) is 23.2. The van der Waals surface area contributed by atoms with Gasteiger partial charge in [-0.15, -0.1) is 0 Å². The molecule has 0 aliphatic rings. The maximum Gasteiger partial charge on any atom is 0.226 e. The van der Waals surface area contributed by atoms with Crippen LogP contribution in [0.3, 0.4) is 0 Å². The van der Waals surface area contributed by atoms with Gasteiger partial charge in [0.2, 0.25) is 12.3 Å². The molecule has 14 heavy (non-hydrogen) atoms. The lowest BCUT2D eigenvalue weighted by Gasteiger charge is -2.28. The number of nitrogens with zero attached hydrogens (tertiary/aromatic N) is 1. The Kier molecular flexibility index (Phi) is 5.68. The molecule has 0 radical (unpaired) electrons. The summed E-state index contributed by atoms with van der Waals surface area (Å²) in [6.07, 6.45) is 0.600. The van der Waals surface area contributed by atoms with E-state index in [2.05, 4.69) is 20.8 Å². The van der Waals surface area contributed by atoms with Crippen molar-refractivity contribution in [3.05, 3.63) is 0 Å². The molecule has 0 atom stereocenters. The Labute approximate surface area is 87.5 Å². The van der Waals surface area contributed by atoms with Crippen LogP contribution in [0.1, 0.15) is 20.8 Å². The van der Waals surface area contributed by atoms with Crippen molar-refractivity contribution in [2.45, 2.75) is 44.9 Å². The highest BCUT2D eigenvalue weighted by atomic mass is 28.3. The van der Waals surface area contributed by atoms with Crippen molar-refractivity contribution < 1.29 is 9.59 Å². The maximum absolute atomic E-state index is 11.6. The SMILES string of the molecule is CC[Si](CC)(CC)CC(=O)N(C)C=O. The van der Waals surface area contributed by atoms with Crippen molar-refractivity contribution >= 4 is 20.4 Å². The predicted octanol–water partition coefficient (Wildman–Crippen LogP) is 2.11. The number of carbonyl (C=O) groups is 2. The molecular formula is C10H21NO2Si. The molecule has 0 N–H and O–H groups in total. The third-order valence-corrected chi connectivity index (χ3v) is 8.88. The van der Waals surface area contributed by atoms with Gasteiger partial charge in [0.25, 0.3) is 0 Å². The van der Waals surface area contributed by atoms with E-state index in [1.807, 2.05) is 0 Å². The lowest BCUT2D eigenvalue weighted by molar-refractivity contribution is -0.134. The fourth-order valence-electron chi connectivity index (χ4n) is 1.63. The van der Waals surface area contributed by atoms with Gasteiger partial charge >= 0.3 is 0 Å². The second-order valence-electron chi connectivity index (χ2n) is 3.85. The summed E-state index contributed by atoms with van der Waals surface area (Å²) in [5.41, 5.74) is 0. The molecule has 0 unspecified atom stereocenters. The van der Waals surface area contributed by atoms with E-state index < -0.39 is 8.07 Å². The maximum atomic E-state index is 11.6. The molecule has 0 bridgehead atoms. The van der Waals surface area contributed by atoms with Crippen molar-refractivity contribution in [2.75, 3.05) is 7.05 Å². The molecule has 0 aliphatic heterocycles. The Morgan fingerprint density at radius 2 is 1.64 bits per heavy atom. The molecule has 0 saturated heterocycles. The lowest BCUT2D eigenvalue weighted by atomic mass is 10.6. The highest BCUT2D eigenvalue weighted by molar-refractivity contribution is 6.82. The normalized spacial score (nSPS) is 11.1. The van der Waals surface area contributed by atoms with Crippen molar-refractivity contribution in [2.24, 2.45) is 0 Å². The number of carbonyl (C=O) groups excluding carboxylic acids is 2. The molecule has 0 aromatic carbocycles. The Bertz CT molecular complexity index is 194. The van der Waals surface area contributed by atoms with Crippen LogP contribution < -0.4 is 0 Å². The highest BCUT2D eigenvalue weighted by Gasteiger charge is 2.30. The van der Waals surface area contributed by atoms with Gasteiger partial charge in [-0.05, 0) is 0 Å². The summed E-state index contributed by atoms with van der Waals surface area (Å²) in [6, 6.07) is 3.99. The number of imide groups is 1. The van der Waals surface area contributed by atoms with Crippen molar-refractivity contribution in [3.63, 3.8) is 0 Å². The van der Waals surface area contributed by atoms with Crippen molar-refractivity contribution in [1.82, 2.24) is 4.90 Å². The smallest absolute Gasteiger partial charge is 0.226 e. The number of hydrogen-bond donors (Lipinski definition) is 0. The third-order valence-electron chi connectivity index (χ3n) is 3.33. The van der Waals surface area contributed by atoms with Gasteiger partial charge < -0.3 is 0 Å². The minimum absolute atomic E-state index is 0.0165. The van der Waals surface area contributed by atoms with Gasteiger partial charge in [0.05, 0.1) is 8.07 Å². The van der Waals surface area contributed by atoms with E-state index >= 15 is 0 Å². The van der Waals surface area contributed by atoms with Crippen LogP contribution in [0.15, 0.2) is 0 Å². The minimum atomic E-state index is -1.41. The minimum Gasteiger partial charge on any atom is -0.289 e. The molecule has 0 aromatic rings. The number of hydrogen-bond acceptors (Lipinski definition) is 2. The van der Waals surface area contributed by atoms with Crippen LogP contribution in [-0.2, 0) is 9.59 Å². The first-order valence-corrected chi connectivity index (χ1v) is 8.09. The fourth-order valence-corrected chi connectivity index (χ4v) is 4.77. The van der Waals surface area contributed by atoms with Gasteiger partial charge in [0.15, 0.2) is 0 Å². The topological polar surface area (TPSA) is 37.4 Å². The van der Waals surface area contributed by atoms with Crippen molar-refractivity contribution in [3.8, 4) is 0 Å². The Balaban J connectivity index is 4.44. The van der Waals surface area contributed by atoms with Gasteiger partial charge in [-0.1, -0.05) is 38.9 Å². The molecular weight excluding hydrogens is 194 g/mol. The van der Waals surface area contributed by atoms with Crippen LogP contribution in [0.5, 0.6) is 0 Å². The van der Waals surface area contributed by atoms with Crippen LogP contribution in [0, 0.1) is 0 Å². The van der Waals surface area contributed by atoms with E-state index in [-0.39, 0.29) is 5.91 Å². The first-order valence-electron chi connectivity index (χ1n) is 5.26. The van der Waals surface area contributed by atoms with Crippen molar-refractivity contribution in [1.29, 1.82) is 0 Å². The van der Waals surface area contributed by atoms with Gasteiger partial charge in [-0.25, -0.2) is 0 Å². The van der Waals surface area contributed by atoms with E-state index in [0.29, 0.717) is 12.5 Å². The third kappa shape index (κ3) is 3.25. The predicted molar refractivity (Wildman–Crippen MR) is 60.8 cm³/mol. The zero-order chi connectivity index (χ0) is 11.2. The first kappa shape index (κ1) is 13.4. The molecule has 2 amide bonds. The summed E-state index contributed by atoms with van der Waals surface area (Å²) in [7, 11) is 0.128. The van der Waals surface area contributed by atoms with Crippen LogP contribution in [0.2, 0.25) is 24.2 Å². The van der Waals surface area contributed by atoms with Crippen LogP contribution >= 0.6 is 0 Å². The summed E-state index contributed by atoms with van der Waals surface area (Å²) in [6.45, 7) is 6.48. The van der Waals surface area contributed by atoms with E-state index in [1.165, 1.54) is 11.9 Å². The zero-order valence-corrected chi connectivity index (χ0v) is 10.7. The van der Waals surface area contributed by atoms with E-state index in [0.717, 1.165) is 18.1 Å². The number of amides is 2. The van der Waals surface area contributed by atoms with Crippen LogP contribution in [0.4, 0.5) is 0 Å². The summed E-state index contributed by atoms with van der Waals surface area (Å²) < 4.78 is 0. The second kappa shape index (κ2) is 5.96. The molecule has 0 fully saturated rings. The van der Waals surface area contributed by atoms with E-state index in [4.69, 9.17) is 0 Å². The molecule has 0 aliphatic carbocycles. The van der Waals surface area contributed by atoms with Gasteiger partial charge in [0, 0.05) is 13.1 Å². The largest absolute Gasteiger partial charge is 0.289 e. The van der Waals surface area contributed by atoms with Crippen LogP contribution in [-0.4, -0.2) is 32.3 Å². The standard InChI is InChI=1S/C10H21NO2Si/c1-5-14(6-2,7-3)8-10(13)11(4)9-12/h9H,5-8H2,1-4H3. The monoisotopic (exact) mass is 215 g/mol. The molecule has 0 rings (SSSR count). The Morgan fingerprint density at radius 1 is 1.21 bits per heavy atom. The zero-order valence-electron chi connectivity index (χ0n) is 9.67. The Hall–Kier alpha value is -0.643. The molecule has 82 valence electrons. The average Bonchev–Trinajstić information content (AvgIpc) is 2.24. The second-order valence-corrected chi connectivity index (χ2v) is 9.32. The quantitative estimate of drug-likeness (QED) is 0.503. The van der Waals surface area contributed by atoms with E-state index in [9.17, 15) is 9.59 Å². The highest BCUT2D eigenvalue weighted by Crippen LogP contribution is 2.25. The lowest BCUT2D eigenvalue weighted by Crippen LogP contribution is -2.38. The molecule has 4 heteroatoms.